The molecule has 0 spiro atoms. The summed E-state index contributed by atoms with van der Waals surface area (Å²) in [5.74, 6) is 0.288. The van der Waals surface area contributed by atoms with Crippen LogP contribution < -0.4 is 15.5 Å². The van der Waals surface area contributed by atoms with Gasteiger partial charge in [-0.15, -0.1) is 12.4 Å². The van der Waals surface area contributed by atoms with Gasteiger partial charge in [-0.25, -0.2) is 0 Å². The number of nitrogens with one attached hydrogen (secondary N) is 2. The third-order valence-electron chi connectivity index (χ3n) is 6.98. The summed E-state index contributed by atoms with van der Waals surface area (Å²) >= 11 is 0. The molecule has 2 N–H and O–H groups in total. The Labute approximate surface area is 180 Å². The van der Waals surface area contributed by atoms with Gasteiger partial charge >= 0.3 is 0 Å². The normalized spacial score (nSPS) is 31.5. The molecular formula is C23H34ClN3O2. The van der Waals surface area contributed by atoms with Crippen molar-refractivity contribution in [3.8, 4) is 0 Å². The Hall–Kier alpha value is -1.59. The third-order valence-corrected chi connectivity index (χ3v) is 6.98. The molecule has 1 saturated heterocycles. The number of fused-ring (bicyclic) bond motifs is 1. The van der Waals surface area contributed by atoms with Gasteiger partial charge in [-0.2, -0.15) is 0 Å². The average molecular weight is 420 g/mol. The van der Waals surface area contributed by atoms with Gasteiger partial charge in [0.05, 0.1) is 5.92 Å². The zero-order valence-electron chi connectivity index (χ0n) is 17.5. The smallest absolute Gasteiger partial charge is 0.231 e. The summed E-state index contributed by atoms with van der Waals surface area (Å²) in [6.45, 7) is 6.19. The predicted octanol–water partition coefficient (Wildman–Crippen LogP) is 3.31. The van der Waals surface area contributed by atoms with E-state index in [1.54, 1.807) is 0 Å². The van der Waals surface area contributed by atoms with Crippen LogP contribution in [0.2, 0.25) is 0 Å². The summed E-state index contributed by atoms with van der Waals surface area (Å²) in [6.07, 6.45) is 5.59. The molecule has 2 fully saturated rings. The number of hydrogen-bond acceptors (Lipinski definition) is 3. The number of hydrogen-bond donors (Lipinski definition) is 2. The fourth-order valence-electron chi connectivity index (χ4n) is 5.34. The molecule has 2 heterocycles. The van der Waals surface area contributed by atoms with Gasteiger partial charge in [0.15, 0.2) is 0 Å². The lowest BCUT2D eigenvalue weighted by Gasteiger charge is -2.36. The Kier molecular flexibility index (Phi) is 7.23. The van der Waals surface area contributed by atoms with E-state index in [9.17, 15) is 9.59 Å². The number of piperidine rings is 1. The first-order valence-corrected chi connectivity index (χ1v) is 11.0. The monoisotopic (exact) mass is 419 g/mol. The van der Waals surface area contributed by atoms with E-state index in [1.807, 2.05) is 23.1 Å². The van der Waals surface area contributed by atoms with Crippen LogP contribution in [0.1, 0.15) is 51.5 Å². The van der Waals surface area contributed by atoms with Gasteiger partial charge in [-0.1, -0.05) is 38.0 Å². The van der Waals surface area contributed by atoms with Crippen LogP contribution in [0.4, 0.5) is 5.69 Å². The lowest BCUT2D eigenvalue weighted by molar-refractivity contribution is -0.136. The minimum absolute atomic E-state index is 0. The summed E-state index contributed by atoms with van der Waals surface area (Å²) in [5, 5.41) is 6.68. The molecule has 29 heavy (non-hydrogen) atoms. The number of halogens is 1. The molecule has 160 valence electrons. The van der Waals surface area contributed by atoms with Crippen molar-refractivity contribution in [2.45, 2.75) is 64.5 Å². The maximum Gasteiger partial charge on any atom is 0.231 e. The number of carbonyl (C=O) groups is 2. The van der Waals surface area contributed by atoms with Gasteiger partial charge in [-0.3, -0.25) is 9.59 Å². The van der Waals surface area contributed by atoms with Crippen LogP contribution in [0.5, 0.6) is 0 Å². The van der Waals surface area contributed by atoms with Crippen molar-refractivity contribution in [1.29, 1.82) is 0 Å². The molecule has 5 unspecified atom stereocenters. The van der Waals surface area contributed by atoms with Crippen molar-refractivity contribution in [1.82, 2.24) is 10.6 Å². The number of anilines is 1. The number of amides is 2. The second kappa shape index (κ2) is 9.48. The summed E-state index contributed by atoms with van der Waals surface area (Å²) < 4.78 is 0. The first-order chi connectivity index (χ1) is 13.6. The minimum Gasteiger partial charge on any atom is -0.353 e. The lowest BCUT2D eigenvalue weighted by Crippen LogP contribution is -2.52. The average Bonchev–Trinajstić information content (AvgIpc) is 3.05. The van der Waals surface area contributed by atoms with Crippen molar-refractivity contribution in [2.24, 2.45) is 17.8 Å². The van der Waals surface area contributed by atoms with Gasteiger partial charge in [-0.05, 0) is 63.2 Å². The van der Waals surface area contributed by atoms with E-state index in [2.05, 4.69) is 30.5 Å². The maximum atomic E-state index is 13.6. The molecule has 3 aliphatic rings. The number of benzene rings is 1. The summed E-state index contributed by atoms with van der Waals surface area (Å²) in [5.41, 5.74) is 2.28. The van der Waals surface area contributed by atoms with E-state index in [0.29, 0.717) is 5.92 Å². The van der Waals surface area contributed by atoms with E-state index in [0.717, 1.165) is 57.3 Å². The molecule has 2 amide bonds. The minimum atomic E-state index is -0.195. The molecule has 6 heteroatoms. The molecule has 2 aliphatic heterocycles. The molecule has 5 atom stereocenters. The van der Waals surface area contributed by atoms with Gasteiger partial charge < -0.3 is 15.5 Å². The maximum absolute atomic E-state index is 13.6. The molecule has 1 aromatic carbocycles. The highest BCUT2D eigenvalue weighted by molar-refractivity contribution is 6.00. The first-order valence-electron chi connectivity index (χ1n) is 11.0. The van der Waals surface area contributed by atoms with Crippen LogP contribution in [-0.2, 0) is 16.0 Å². The molecule has 0 radical (unpaired) electrons. The Balaban J connectivity index is 0.00000240. The summed E-state index contributed by atoms with van der Waals surface area (Å²) in [6, 6.07) is 8.59. The number of rotatable bonds is 3. The molecule has 1 aliphatic carbocycles. The van der Waals surface area contributed by atoms with Gasteiger partial charge in [0.25, 0.3) is 0 Å². The topological polar surface area (TPSA) is 61.4 Å². The Bertz CT molecular complexity index is 741. The Morgan fingerprint density at radius 2 is 1.79 bits per heavy atom. The van der Waals surface area contributed by atoms with Crippen molar-refractivity contribution in [2.75, 3.05) is 18.0 Å². The lowest BCUT2D eigenvalue weighted by atomic mass is 9.77. The number of para-hydroxylation sites is 1. The molecule has 4 rings (SSSR count). The molecule has 5 nitrogen and oxygen atoms in total. The Morgan fingerprint density at radius 3 is 2.55 bits per heavy atom. The molecule has 1 saturated carbocycles. The van der Waals surface area contributed by atoms with Crippen LogP contribution in [0.15, 0.2) is 24.3 Å². The van der Waals surface area contributed by atoms with Crippen molar-refractivity contribution >= 4 is 29.9 Å². The molecule has 0 aromatic heterocycles. The third kappa shape index (κ3) is 4.46. The van der Waals surface area contributed by atoms with E-state index in [1.165, 1.54) is 5.56 Å². The zero-order valence-corrected chi connectivity index (χ0v) is 18.3. The highest BCUT2D eigenvalue weighted by Gasteiger charge is 2.42. The van der Waals surface area contributed by atoms with Gasteiger partial charge in [0.2, 0.25) is 11.8 Å². The second-order valence-corrected chi connectivity index (χ2v) is 8.97. The molecular weight excluding hydrogens is 386 g/mol. The summed E-state index contributed by atoms with van der Waals surface area (Å²) in [4.78, 5) is 28.7. The van der Waals surface area contributed by atoms with Crippen LogP contribution in [0.3, 0.4) is 0 Å². The van der Waals surface area contributed by atoms with Crippen LogP contribution in [0.25, 0.3) is 0 Å². The largest absolute Gasteiger partial charge is 0.353 e. The molecule has 0 bridgehead atoms. The van der Waals surface area contributed by atoms with E-state index in [-0.39, 0.29) is 48.1 Å². The van der Waals surface area contributed by atoms with Gasteiger partial charge in [0, 0.05) is 23.7 Å². The zero-order chi connectivity index (χ0) is 19.7. The standard InChI is InChI=1S/C23H33N3O2.ClH/c1-15-14-24-12-11-20(15)25-22(27)18-8-4-5-9-19(18)23(28)26-16(2)13-17-7-3-6-10-21(17)26;/h3,6-7,10,15-16,18-20,24H,4-5,8-9,11-14H2,1-2H3,(H,25,27);1H. The van der Waals surface area contributed by atoms with Crippen molar-refractivity contribution in [3.05, 3.63) is 29.8 Å². The van der Waals surface area contributed by atoms with Crippen molar-refractivity contribution in [3.63, 3.8) is 0 Å². The predicted molar refractivity (Wildman–Crippen MR) is 118 cm³/mol. The fraction of sp³-hybridized carbons (Fsp3) is 0.652. The van der Waals surface area contributed by atoms with Crippen LogP contribution >= 0.6 is 12.4 Å². The highest BCUT2D eigenvalue weighted by atomic mass is 35.5. The second-order valence-electron chi connectivity index (χ2n) is 8.97. The van der Waals surface area contributed by atoms with Gasteiger partial charge in [0.1, 0.15) is 0 Å². The van der Waals surface area contributed by atoms with E-state index >= 15 is 0 Å². The van der Waals surface area contributed by atoms with E-state index < -0.39 is 0 Å². The Morgan fingerprint density at radius 1 is 1.07 bits per heavy atom. The van der Waals surface area contributed by atoms with Crippen LogP contribution in [0, 0.1) is 17.8 Å². The summed E-state index contributed by atoms with van der Waals surface area (Å²) in [7, 11) is 0. The van der Waals surface area contributed by atoms with E-state index in [4.69, 9.17) is 0 Å². The molecule has 1 aromatic rings. The first kappa shape index (κ1) is 22.1. The quantitative estimate of drug-likeness (QED) is 0.790. The number of nitrogens with zero attached hydrogens (tertiary/aromatic N) is 1. The van der Waals surface area contributed by atoms with Crippen LogP contribution in [-0.4, -0.2) is 37.0 Å². The number of carbonyl (C=O) groups excluding carboxylic acids is 2. The fourth-order valence-corrected chi connectivity index (χ4v) is 5.34. The SMILES string of the molecule is CC1CNCCC1NC(=O)C1CCCCC1C(=O)N1c2ccccc2CC1C.Cl. The van der Waals surface area contributed by atoms with Crippen molar-refractivity contribution < 1.29 is 9.59 Å². The highest BCUT2D eigenvalue weighted by Crippen LogP contribution is 2.38.